The van der Waals surface area contributed by atoms with Gasteiger partial charge in [-0.05, 0) is 79.8 Å². The maximum absolute atomic E-state index is 13.5. The van der Waals surface area contributed by atoms with Gasteiger partial charge in [0, 0.05) is 25.2 Å². The van der Waals surface area contributed by atoms with Crippen LogP contribution in [0.4, 0.5) is 8.78 Å². The number of benzene rings is 3. The number of ketones is 1. The Labute approximate surface area is 217 Å². The molecule has 0 atom stereocenters. The molecule has 0 aromatic heterocycles. The lowest BCUT2D eigenvalue weighted by Crippen LogP contribution is -2.38. The average molecular weight is 510 g/mol. The highest BCUT2D eigenvalue weighted by Crippen LogP contribution is 2.31. The van der Waals surface area contributed by atoms with Crippen molar-refractivity contribution in [2.45, 2.75) is 38.4 Å². The first-order valence-corrected chi connectivity index (χ1v) is 12.6. The highest BCUT2D eigenvalue weighted by molar-refractivity contribution is 5.94. The lowest BCUT2D eigenvalue weighted by atomic mass is 10.00. The summed E-state index contributed by atoms with van der Waals surface area (Å²) in [6.07, 6.45) is 2.28. The number of Topliss-reactive ketones (excluding diaryl/α,β-unsaturated/α-hetero) is 1. The van der Waals surface area contributed by atoms with Crippen molar-refractivity contribution in [2.75, 3.05) is 33.4 Å². The van der Waals surface area contributed by atoms with Crippen LogP contribution < -0.4 is 9.47 Å². The second-order valence-corrected chi connectivity index (χ2v) is 9.28. The van der Waals surface area contributed by atoms with Crippen molar-refractivity contribution in [3.05, 3.63) is 95.1 Å². The third-order valence-electron chi connectivity index (χ3n) is 6.66. The third-order valence-corrected chi connectivity index (χ3v) is 6.66. The van der Waals surface area contributed by atoms with Crippen LogP contribution in [0.25, 0.3) is 0 Å². The van der Waals surface area contributed by atoms with E-state index in [-0.39, 0.29) is 29.6 Å². The van der Waals surface area contributed by atoms with Crippen LogP contribution in [0, 0.1) is 11.6 Å². The number of piperidine rings is 1. The highest BCUT2D eigenvalue weighted by atomic mass is 19.1. The average Bonchev–Trinajstić information content (AvgIpc) is 2.91. The van der Waals surface area contributed by atoms with Crippen LogP contribution >= 0.6 is 0 Å². The molecule has 0 amide bonds. The molecule has 4 rings (SSSR count). The van der Waals surface area contributed by atoms with Crippen molar-refractivity contribution >= 4 is 5.78 Å². The number of rotatable bonds is 11. The van der Waals surface area contributed by atoms with E-state index in [1.807, 2.05) is 0 Å². The number of hydrogen-bond acceptors (Lipinski definition) is 5. The van der Waals surface area contributed by atoms with Crippen molar-refractivity contribution in [3.63, 3.8) is 0 Å². The van der Waals surface area contributed by atoms with Crippen LogP contribution in [0.1, 0.15) is 53.8 Å². The second-order valence-electron chi connectivity index (χ2n) is 9.28. The second kappa shape index (κ2) is 12.8. The molecule has 3 aromatic rings. The van der Waals surface area contributed by atoms with Gasteiger partial charge in [0.2, 0.25) is 0 Å². The molecule has 1 heterocycles. The fraction of sp³-hybridized carbons (Fsp3) is 0.367. The Morgan fingerprint density at radius 3 is 2.05 bits per heavy atom. The molecule has 0 saturated carbocycles. The van der Waals surface area contributed by atoms with Gasteiger partial charge >= 0.3 is 0 Å². The van der Waals surface area contributed by atoms with Crippen LogP contribution in [0.5, 0.6) is 11.5 Å². The van der Waals surface area contributed by atoms with E-state index < -0.39 is 0 Å². The van der Waals surface area contributed by atoms with Crippen LogP contribution in [0.15, 0.2) is 66.7 Å². The highest BCUT2D eigenvalue weighted by Gasteiger charge is 2.25. The number of likely N-dealkylation sites (tertiary alicyclic amines) is 1. The predicted molar refractivity (Wildman–Crippen MR) is 138 cm³/mol. The van der Waals surface area contributed by atoms with Gasteiger partial charge in [0.25, 0.3) is 0 Å². The van der Waals surface area contributed by atoms with Gasteiger partial charge in [0.1, 0.15) is 17.7 Å². The number of methoxy groups -OCH3 is 1. The SMILES string of the molecule is COc1cc(C(C)=O)ccc1OCCCN1CCC(OC(c2ccc(F)cc2)c2ccc(F)cc2)CC1. The number of carbonyl (C=O) groups is 1. The van der Waals surface area contributed by atoms with E-state index in [0.717, 1.165) is 50.0 Å². The lowest BCUT2D eigenvalue weighted by molar-refractivity contribution is -0.0273. The van der Waals surface area contributed by atoms with E-state index in [0.29, 0.717) is 23.7 Å². The molecular weight excluding hydrogens is 476 g/mol. The zero-order chi connectivity index (χ0) is 26.2. The van der Waals surface area contributed by atoms with Gasteiger partial charge in [-0.1, -0.05) is 24.3 Å². The summed E-state index contributed by atoms with van der Waals surface area (Å²) >= 11 is 0. The minimum absolute atomic E-state index is 0.0149. The first kappa shape index (κ1) is 26.8. The van der Waals surface area contributed by atoms with Crippen LogP contribution in [0.3, 0.4) is 0 Å². The summed E-state index contributed by atoms with van der Waals surface area (Å²) in [6, 6.07) is 17.8. The molecule has 1 aliphatic rings. The Hall–Kier alpha value is -3.29. The monoisotopic (exact) mass is 509 g/mol. The van der Waals surface area contributed by atoms with E-state index in [4.69, 9.17) is 14.2 Å². The molecule has 7 heteroatoms. The molecule has 0 unspecified atom stereocenters. The molecule has 1 aliphatic heterocycles. The Kier molecular flexibility index (Phi) is 9.25. The van der Waals surface area contributed by atoms with Crippen LogP contribution in [0.2, 0.25) is 0 Å². The van der Waals surface area contributed by atoms with Crippen molar-refractivity contribution in [1.29, 1.82) is 0 Å². The normalized spacial score (nSPS) is 14.6. The number of nitrogens with zero attached hydrogens (tertiary/aromatic N) is 1. The van der Waals surface area contributed by atoms with Gasteiger partial charge in [0.05, 0.1) is 19.8 Å². The predicted octanol–water partition coefficient (Wildman–Crippen LogP) is 6.22. The molecule has 0 N–H and O–H groups in total. The van der Waals surface area contributed by atoms with Crippen molar-refractivity contribution in [3.8, 4) is 11.5 Å². The molecule has 0 aliphatic carbocycles. The van der Waals surface area contributed by atoms with Gasteiger partial charge in [0.15, 0.2) is 17.3 Å². The third kappa shape index (κ3) is 7.37. The van der Waals surface area contributed by atoms with E-state index in [1.54, 1.807) is 49.6 Å². The van der Waals surface area contributed by atoms with E-state index >= 15 is 0 Å². The zero-order valence-corrected chi connectivity index (χ0v) is 21.3. The smallest absolute Gasteiger partial charge is 0.161 e. The first-order chi connectivity index (χ1) is 17.9. The quantitative estimate of drug-likeness (QED) is 0.227. The fourth-order valence-corrected chi connectivity index (χ4v) is 4.56. The molecule has 37 heavy (non-hydrogen) atoms. The summed E-state index contributed by atoms with van der Waals surface area (Å²) in [5.74, 6) is 0.574. The molecule has 1 saturated heterocycles. The summed E-state index contributed by atoms with van der Waals surface area (Å²) in [5, 5.41) is 0. The maximum atomic E-state index is 13.5. The van der Waals surface area contributed by atoms with Gasteiger partial charge < -0.3 is 19.1 Å². The molecular formula is C30H33F2NO4. The largest absolute Gasteiger partial charge is 0.493 e. The zero-order valence-electron chi connectivity index (χ0n) is 21.3. The standard InChI is InChI=1S/C30H33F2NO4/c1-21(34)24-8-13-28(29(20-24)35-2)36-19-3-16-33-17-14-27(15-18-33)37-30(22-4-9-25(31)10-5-22)23-6-11-26(32)12-7-23/h4-13,20,27,30H,3,14-19H2,1-2H3. The Morgan fingerprint density at radius 1 is 0.919 bits per heavy atom. The van der Waals surface area contributed by atoms with Gasteiger partial charge in [-0.2, -0.15) is 0 Å². The minimum Gasteiger partial charge on any atom is -0.493 e. The molecule has 1 fully saturated rings. The number of halogens is 2. The van der Waals surface area contributed by atoms with Gasteiger partial charge in [-0.15, -0.1) is 0 Å². The van der Waals surface area contributed by atoms with Crippen molar-refractivity contribution in [1.82, 2.24) is 4.90 Å². The summed E-state index contributed by atoms with van der Waals surface area (Å²) in [5.41, 5.74) is 2.29. The minimum atomic E-state index is -0.379. The molecule has 0 radical (unpaired) electrons. The summed E-state index contributed by atoms with van der Waals surface area (Å²) in [4.78, 5) is 14.0. The Bertz CT molecular complexity index is 1110. The van der Waals surface area contributed by atoms with Gasteiger partial charge in [-0.3, -0.25) is 4.79 Å². The van der Waals surface area contributed by atoms with Crippen molar-refractivity contribution in [2.24, 2.45) is 0 Å². The van der Waals surface area contributed by atoms with Crippen molar-refractivity contribution < 1.29 is 27.8 Å². The maximum Gasteiger partial charge on any atom is 0.161 e. The molecule has 3 aromatic carbocycles. The number of hydrogen-bond donors (Lipinski definition) is 0. The Balaban J connectivity index is 1.26. The van der Waals surface area contributed by atoms with E-state index in [9.17, 15) is 13.6 Å². The number of ether oxygens (including phenoxy) is 3. The lowest BCUT2D eigenvalue weighted by Gasteiger charge is -2.34. The fourth-order valence-electron chi connectivity index (χ4n) is 4.56. The Morgan fingerprint density at radius 2 is 1.51 bits per heavy atom. The summed E-state index contributed by atoms with van der Waals surface area (Å²) in [6.45, 7) is 4.78. The van der Waals surface area contributed by atoms with E-state index in [2.05, 4.69) is 4.90 Å². The first-order valence-electron chi connectivity index (χ1n) is 12.6. The van der Waals surface area contributed by atoms with E-state index in [1.165, 1.54) is 31.2 Å². The molecule has 196 valence electrons. The van der Waals surface area contributed by atoms with Gasteiger partial charge in [-0.25, -0.2) is 8.78 Å². The number of carbonyl (C=O) groups excluding carboxylic acids is 1. The summed E-state index contributed by atoms with van der Waals surface area (Å²) in [7, 11) is 1.56. The molecule has 0 spiro atoms. The summed E-state index contributed by atoms with van der Waals surface area (Å²) < 4.78 is 44.7. The van der Waals surface area contributed by atoms with Crippen LogP contribution in [-0.2, 0) is 4.74 Å². The molecule has 5 nitrogen and oxygen atoms in total. The molecule has 0 bridgehead atoms. The topological polar surface area (TPSA) is 48.0 Å². The van der Waals surface area contributed by atoms with Crippen LogP contribution in [-0.4, -0.2) is 50.1 Å².